The van der Waals surface area contributed by atoms with Crippen LogP contribution in [0.1, 0.15) is 302 Å². The summed E-state index contributed by atoms with van der Waals surface area (Å²) in [5.41, 5.74) is 13.2. The lowest BCUT2D eigenvalue weighted by Gasteiger charge is -2.36. The number of hydrogen-bond donors (Lipinski definition) is 8. The van der Waals surface area contributed by atoms with E-state index < -0.39 is 5.54 Å². The van der Waals surface area contributed by atoms with E-state index in [0.717, 1.165) is 107 Å². The van der Waals surface area contributed by atoms with Gasteiger partial charge in [-0.15, -0.1) is 0 Å². The summed E-state index contributed by atoms with van der Waals surface area (Å²) in [4.78, 5) is 71.0. The Labute approximate surface area is 496 Å². The number of carbonyl (C=O) groups excluding carboxylic acids is 5. The van der Waals surface area contributed by atoms with Crippen molar-refractivity contribution in [2.45, 2.75) is 299 Å². The van der Waals surface area contributed by atoms with Crippen molar-refractivity contribution >= 4 is 29.5 Å². The molecular formula is C69H115N8O5+3. The van der Waals surface area contributed by atoms with Crippen LogP contribution in [0.25, 0.3) is 0 Å². The SMILES string of the molecule is [NH3+]CCC(CC[NH3+])(CC[NH3+])NC(=O)c1ccc(C#Cc2ccc(C(=O)NC(CCC(=O)NC3CCCCCCCCCCC3)(CCC(=O)NC3CCCCCCCCCCC3)CCC(=O)NC3CCCCCCCCCCC3)cc2)cc1. The van der Waals surface area contributed by atoms with Gasteiger partial charge in [-0.3, -0.25) is 24.0 Å². The van der Waals surface area contributed by atoms with Crippen molar-refractivity contribution in [3.63, 3.8) is 0 Å². The molecule has 82 heavy (non-hydrogen) atoms. The Kier molecular flexibility index (Phi) is 33.6. The third-order valence-electron chi connectivity index (χ3n) is 18.3. The summed E-state index contributed by atoms with van der Waals surface area (Å²) < 4.78 is 0. The van der Waals surface area contributed by atoms with E-state index in [1.165, 1.54) is 135 Å². The van der Waals surface area contributed by atoms with Gasteiger partial charge in [0.25, 0.3) is 11.8 Å². The van der Waals surface area contributed by atoms with Gasteiger partial charge in [-0.25, -0.2) is 0 Å². The molecule has 13 heteroatoms. The Hall–Kier alpha value is -4.77. The first-order valence-electron chi connectivity index (χ1n) is 33.7. The molecule has 0 aromatic heterocycles. The average Bonchev–Trinajstić information content (AvgIpc) is 3.54. The van der Waals surface area contributed by atoms with Gasteiger partial charge in [-0.1, -0.05) is 185 Å². The lowest BCUT2D eigenvalue weighted by molar-refractivity contribution is -0.387. The van der Waals surface area contributed by atoms with E-state index in [9.17, 15) is 24.0 Å². The highest BCUT2D eigenvalue weighted by Gasteiger charge is 2.36. The van der Waals surface area contributed by atoms with Gasteiger partial charge in [0.15, 0.2) is 0 Å². The number of rotatable bonds is 22. The number of benzene rings is 2. The van der Waals surface area contributed by atoms with Crippen LogP contribution in [0.15, 0.2) is 48.5 Å². The molecule has 0 unspecified atom stereocenters. The highest BCUT2D eigenvalue weighted by molar-refractivity contribution is 5.95. The smallest absolute Gasteiger partial charge is 0.251 e. The summed E-state index contributed by atoms with van der Waals surface area (Å²) in [5, 5.41) is 17.0. The van der Waals surface area contributed by atoms with Crippen molar-refractivity contribution in [3.05, 3.63) is 70.8 Å². The van der Waals surface area contributed by atoms with Crippen molar-refractivity contribution < 1.29 is 41.2 Å². The van der Waals surface area contributed by atoms with E-state index in [-0.39, 0.29) is 72.5 Å². The van der Waals surface area contributed by atoms with Gasteiger partial charge in [0.2, 0.25) is 17.7 Å². The fourth-order valence-electron chi connectivity index (χ4n) is 13.2. The molecule has 0 atom stereocenters. The molecule has 13 nitrogen and oxygen atoms in total. The Morgan fingerprint density at radius 1 is 0.341 bits per heavy atom. The van der Waals surface area contributed by atoms with Crippen molar-refractivity contribution in [3.8, 4) is 11.8 Å². The molecule has 458 valence electrons. The summed E-state index contributed by atoms with van der Waals surface area (Å²) in [6, 6.07) is 14.8. The summed E-state index contributed by atoms with van der Waals surface area (Å²) in [6.07, 6.45) is 42.4. The average molecular weight is 1140 g/mol. The van der Waals surface area contributed by atoms with Crippen molar-refractivity contribution in [2.75, 3.05) is 19.6 Å². The van der Waals surface area contributed by atoms with Gasteiger partial charge in [-0.05, 0) is 106 Å². The van der Waals surface area contributed by atoms with Crippen LogP contribution in [0.4, 0.5) is 0 Å². The highest BCUT2D eigenvalue weighted by Crippen LogP contribution is 2.29. The van der Waals surface area contributed by atoms with E-state index in [0.29, 0.717) is 50.0 Å². The van der Waals surface area contributed by atoms with Crippen LogP contribution >= 0.6 is 0 Å². The lowest BCUT2D eigenvalue weighted by atomic mass is 9.82. The fourth-order valence-corrected chi connectivity index (χ4v) is 13.2. The molecule has 2 aromatic rings. The quantitative estimate of drug-likeness (QED) is 0.0537. The van der Waals surface area contributed by atoms with E-state index in [1.54, 1.807) is 24.3 Å². The molecular weight excluding hydrogens is 1020 g/mol. The van der Waals surface area contributed by atoms with Gasteiger partial charge in [0, 0.05) is 84.4 Å². The van der Waals surface area contributed by atoms with E-state index in [4.69, 9.17) is 0 Å². The molecule has 2 aromatic carbocycles. The molecule has 0 spiro atoms. The van der Waals surface area contributed by atoms with E-state index in [2.05, 4.69) is 55.6 Å². The first-order valence-corrected chi connectivity index (χ1v) is 33.7. The number of amides is 5. The number of quaternary nitrogens is 3. The minimum Gasteiger partial charge on any atom is -0.357 e. The molecule has 3 saturated carbocycles. The first kappa shape index (κ1) is 68.0. The van der Waals surface area contributed by atoms with Gasteiger partial charge in [0.05, 0.1) is 25.2 Å². The zero-order valence-electron chi connectivity index (χ0n) is 51.3. The van der Waals surface area contributed by atoms with Gasteiger partial charge >= 0.3 is 0 Å². The van der Waals surface area contributed by atoms with Gasteiger partial charge in [0.1, 0.15) is 0 Å². The highest BCUT2D eigenvalue weighted by atomic mass is 16.2. The summed E-state index contributed by atoms with van der Waals surface area (Å²) >= 11 is 0. The maximum absolute atomic E-state index is 14.8. The molecule has 3 aliphatic rings. The van der Waals surface area contributed by atoms with Crippen molar-refractivity contribution in [1.82, 2.24) is 26.6 Å². The van der Waals surface area contributed by atoms with Gasteiger partial charge in [-0.2, -0.15) is 0 Å². The summed E-state index contributed by atoms with van der Waals surface area (Å²) in [7, 11) is 0. The minimum atomic E-state index is -1.02. The Morgan fingerprint density at radius 2 is 0.561 bits per heavy atom. The van der Waals surface area contributed by atoms with Crippen LogP contribution in [0.2, 0.25) is 0 Å². The fraction of sp³-hybridized carbons (Fsp3) is 0.725. The van der Waals surface area contributed by atoms with Crippen molar-refractivity contribution in [2.24, 2.45) is 0 Å². The normalized spacial score (nSPS) is 18.1. The molecule has 3 aliphatic carbocycles. The minimum absolute atomic E-state index is 0.0341. The van der Waals surface area contributed by atoms with E-state index >= 15 is 0 Å². The second-order valence-corrected chi connectivity index (χ2v) is 25.3. The zero-order valence-corrected chi connectivity index (χ0v) is 51.3. The second-order valence-electron chi connectivity index (χ2n) is 25.3. The molecule has 0 heterocycles. The predicted molar refractivity (Wildman–Crippen MR) is 332 cm³/mol. The number of hydrogen-bond acceptors (Lipinski definition) is 5. The molecule has 0 radical (unpaired) electrons. The second kappa shape index (κ2) is 40.5. The number of carbonyl (C=O) groups is 5. The molecule has 14 N–H and O–H groups in total. The molecule has 5 rings (SSSR count). The Balaban J connectivity index is 1.37. The lowest BCUT2D eigenvalue weighted by Crippen LogP contribution is -2.64. The largest absolute Gasteiger partial charge is 0.357 e. The molecule has 0 saturated heterocycles. The monoisotopic (exact) mass is 1140 g/mol. The maximum Gasteiger partial charge on any atom is 0.251 e. The maximum atomic E-state index is 14.8. The van der Waals surface area contributed by atoms with Crippen molar-refractivity contribution in [1.29, 1.82) is 0 Å². The zero-order chi connectivity index (χ0) is 58.4. The predicted octanol–water partition coefficient (Wildman–Crippen LogP) is 10.6. The number of nitrogens with one attached hydrogen (secondary N) is 5. The summed E-state index contributed by atoms with van der Waals surface area (Å²) in [6.45, 7) is 2.13. The van der Waals surface area contributed by atoms with Crippen LogP contribution in [0.3, 0.4) is 0 Å². The van der Waals surface area contributed by atoms with Crippen LogP contribution in [-0.4, -0.2) is 78.4 Å². The van der Waals surface area contributed by atoms with Gasteiger partial charge < -0.3 is 43.8 Å². The topological polar surface area (TPSA) is 228 Å². The third-order valence-corrected chi connectivity index (χ3v) is 18.3. The van der Waals surface area contributed by atoms with Crippen LogP contribution in [0.5, 0.6) is 0 Å². The summed E-state index contributed by atoms with van der Waals surface area (Å²) in [5.74, 6) is 5.92. The van der Waals surface area contributed by atoms with Crippen LogP contribution in [-0.2, 0) is 14.4 Å². The van der Waals surface area contributed by atoms with Crippen LogP contribution < -0.4 is 43.8 Å². The molecule has 5 amide bonds. The molecule has 3 fully saturated rings. The van der Waals surface area contributed by atoms with E-state index in [1.807, 2.05) is 24.3 Å². The Morgan fingerprint density at radius 3 is 0.793 bits per heavy atom. The third kappa shape index (κ3) is 27.7. The Bertz CT molecular complexity index is 2020. The standard InChI is InChI=1S/C69H112N8O5/c70-53-50-69(51-54-71,52-55-72)77-67(82)59-42-38-57(39-43-59)35-34-56-36-40-58(41-37-56)66(81)76-68(47-44-63(78)73-60-28-22-16-10-4-1-5-11-17-23-29-60,48-45-64(79)74-61-30-24-18-12-6-2-7-13-19-25-31-61)49-46-65(80)75-62-32-26-20-14-8-3-9-15-21-27-33-62/h36-43,60-62H,1-33,44-55,70-72H2,(H,73,78)(H,74,79)(H,75,80)(H,76,81)(H,77,82)/p+3. The molecule has 0 bridgehead atoms. The first-order chi connectivity index (χ1) is 40.0. The molecule has 0 aliphatic heterocycles. The van der Waals surface area contributed by atoms with Crippen LogP contribution in [0, 0.1) is 11.8 Å².